The lowest BCUT2D eigenvalue weighted by atomic mass is 9.86. The van der Waals surface area contributed by atoms with Crippen molar-refractivity contribution in [3.05, 3.63) is 93.3 Å². The van der Waals surface area contributed by atoms with Gasteiger partial charge >= 0.3 is 5.69 Å². The maximum atomic E-state index is 12.7. The second-order valence-electron chi connectivity index (χ2n) is 8.42. The molecule has 1 heterocycles. The van der Waals surface area contributed by atoms with Gasteiger partial charge in [0.25, 0.3) is 5.91 Å². The number of amides is 1. The Morgan fingerprint density at radius 3 is 2.50 bits per heavy atom. The van der Waals surface area contributed by atoms with E-state index in [9.17, 15) is 14.9 Å². The molecule has 1 atom stereocenters. The first kappa shape index (κ1) is 21.2. The molecule has 2 aromatic carbocycles. The van der Waals surface area contributed by atoms with Gasteiger partial charge in [0.15, 0.2) is 0 Å². The summed E-state index contributed by atoms with van der Waals surface area (Å²) in [5.41, 5.74) is 3.68. The molecule has 0 saturated heterocycles. The molecule has 0 unspecified atom stereocenters. The van der Waals surface area contributed by atoms with Crippen LogP contribution in [0.4, 0.5) is 5.69 Å². The Hall–Kier alpha value is -3.48. The van der Waals surface area contributed by atoms with Gasteiger partial charge in [-0.1, -0.05) is 57.2 Å². The Labute approximate surface area is 175 Å². The first-order valence-corrected chi connectivity index (χ1v) is 9.80. The van der Waals surface area contributed by atoms with Gasteiger partial charge in [-0.25, -0.2) is 0 Å². The van der Waals surface area contributed by atoms with Crippen LogP contribution in [0.3, 0.4) is 0 Å². The lowest BCUT2D eigenvalue weighted by Gasteiger charge is -2.21. The minimum absolute atomic E-state index is 0.0600. The lowest BCUT2D eigenvalue weighted by Crippen LogP contribution is -2.26. The molecule has 0 spiro atoms. The van der Waals surface area contributed by atoms with Crippen molar-refractivity contribution < 1.29 is 9.72 Å². The van der Waals surface area contributed by atoms with Gasteiger partial charge in [-0.15, -0.1) is 0 Å². The average Bonchev–Trinajstić information content (AvgIpc) is 3.16. The van der Waals surface area contributed by atoms with E-state index in [1.807, 2.05) is 25.1 Å². The van der Waals surface area contributed by atoms with Crippen LogP contribution in [-0.2, 0) is 12.0 Å². The van der Waals surface area contributed by atoms with Crippen molar-refractivity contribution in [2.24, 2.45) is 0 Å². The summed E-state index contributed by atoms with van der Waals surface area (Å²) < 4.78 is 1.48. The number of nitrogens with one attached hydrogen (secondary N) is 1. The van der Waals surface area contributed by atoms with E-state index in [1.54, 1.807) is 18.2 Å². The highest BCUT2D eigenvalue weighted by Gasteiger charge is 2.16. The van der Waals surface area contributed by atoms with E-state index in [4.69, 9.17) is 0 Å². The Bertz CT molecular complexity index is 1050. The number of nitrogens with zero attached hydrogens (tertiary/aromatic N) is 3. The first-order chi connectivity index (χ1) is 14.1. The SMILES string of the molecule is C[C@@H](NC(=O)c1cccc(Cn2cc([N+](=O)[O-])cn2)c1)c1ccc(C(C)(C)C)cc1. The molecule has 0 aliphatic carbocycles. The smallest absolute Gasteiger partial charge is 0.307 e. The average molecular weight is 406 g/mol. The van der Waals surface area contributed by atoms with Gasteiger partial charge in [-0.3, -0.25) is 19.6 Å². The zero-order valence-corrected chi connectivity index (χ0v) is 17.6. The van der Waals surface area contributed by atoms with Gasteiger partial charge in [0.05, 0.1) is 17.5 Å². The van der Waals surface area contributed by atoms with Crippen molar-refractivity contribution in [1.29, 1.82) is 0 Å². The summed E-state index contributed by atoms with van der Waals surface area (Å²) in [4.78, 5) is 23.0. The molecule has 3 rings (SSSR count). The van der Waals surface area contributed by atoms with Crippen LogP contribution < -0.4 is 5.32 Å². The molecular weight excluding hydrogens is 380 g/mol. The third-order valence-corrected chi connectivity index (χ3v) is 4.99. The van der Waals surface area contributed by atoms with Gasteiger partial charge in [0.1, 0.15) is 12.4 Å². The number of aromatic nitrogens is 2. The van der Waals surface area contributed by atoms with Crippen LogP contribution in [0, 0.1) is 10.1 Å². The zero-order chi connectivity index (χ0) is 21.9. The van der Waals surface area contributed by atoms with Crippen LogP contribution in [0.5, 0.6) is 0 Å². The van der Waals surface area contributed by atoms with Crippen molar-refractivity contribution >= 4 is 11.6 Å². The Morgan fingerprint density at radius 1 is 1.20 bits per heavy atom. The molecule has 30 heavy (non-hydrogen) atoms. The molecule has 3 aromatic rings. The van der Waals surface area contributed by atoms with E-state index in [1.165, 1.54) is 22.6 Å². The largest absolute Gasteiger partial charge is 0.346 e. The number of benzene rings is 2. The van der Waals surface area contributed by atoms with Crippen LogP contribution >= 0.6 is 0 Å². The molecular formula is C23H26N4O3. The molecule has 1 aromatic heterocycles. The molecule has 0 aliphatic heterocycles. The van der Waals surface area contributed by atoms with Gasteiger partial charge in [0, 0.05) is 5.56 Å². The Balaban J connectivity index is 1.67. The monoisotopic (exact) mass is 406 g/mol. The predicted octanol–water partition coefficient (Wildman–Crippen LogP) is 4.63. The molecule has 0 radical (unpaired) electrons. The van der Waals surface area contributed by atoms with Crippen LogP contribution in [0.15, 0.2) is 60.9 Å². The van der Waals surface area contributed by atoms with E-state index < -0.39 is 4.92 Å². The number of hydrogen-bond acceptors (Lipinski definition) is 4. The van der Waals surface area contributed by atoms with Crippen molar-refractivity contribution in [1.82, 2.24) is 15.1 Å². The Kier molecular flexibility index (Phi) is 6.01. The molecule has 7 nitrogen and oxygen atoms in total. The highest BCUT2D eigenvalue weighted by molar-refractivity contribution is 5.94. The van der Waals surface area contributed by atoms with Crippen LogP contribution in [-0.4, -0.2) is 20.6 Å². The van der Waals surface area contributed by atoms with Gasteiger partial charge in [-0.05, 0) is 41.2 Å². The number of nitro groups is 1. The van der Waals surface area contributed by atoms with Crippen LogP contribution in [0.1, 0.15) is 60.8 Å². The normalized spacial score (nSPS) is 12.4. The van der Waals surface area contributed by atoms with Crippen LogP contribution in [0.2, 0.25) is 0 Å². The number of carbonyl (C=O) groups excluding carboxylic acids is 1. The maximum Gasteiger partial charge on any atom is 0.307 e. The van der Waals surface area contributed by atoms with Crippen molar-refractivity contribution in [2.45, 2.75) is 45.7 Å². The minimum Gasteiger partial charge on any atom is -0.346 e. The summed E-state index contributed by atoms with van der Waals surface area (Å²) >= 11 is 0. The van der Waals surface area contributed by atoms with Crippen molar-refractivity contribution in [2.75, 3.05) is 0 Å². The van der Waals surface area contributed by atoms with Gasteiger partial charge in [0.2, 0.25) is 0 Å². The topological polar surface area (TPSA) is 90.1 Å². The standard InChI is InChI=1S/C23H26N4O3/c1-16(18-8-10-20(11-9-18)23(2,3)4)25-22(28)19-7-5-6-17(12-19)14-26-15-21(13-24-26)27(29)30/h5-13,15-16H,14H2,1-4H3,(H,25,28)/t16-/m1/s1. The van der Waals surface area contributed by atoms with Gasteiger partial charge in [-0.2, -0.15) is 5.10 Å². The van der Waals surface area contributed by atoms with Crippen LogP contribution in [0.25, 0.3) is 0 Å². The molecule has 0 bridgehead atoms. The summed E-state index contributed by atoms with van der Waals surface area (Å²) in [5, 5.41) is 17.8. The highest BCUT2D eigenvalue weighted by atomic mass is 16.6. The van der Waals surface area contributed by atoms with Crippen molar-refractivity contribution in [3.8, 4) is 0 Å². The summed E-state index contributed by atoms with van der Waals surface area (Å²) in [6.07, 6.45) is 2.58. The quantitative estimate of drug-likeness (QED) is 0.477. The zero-order valence-electron chi connectivity index (χ0n) is 17.6. The van der Waals surface area contributed by atoms with Crippen molar-refractivity contribution in [3.63, 3.8) is 0 Å². The molecule has 156 valence electrons. The van der Waals surface area contributed by atoms with E-state index in [0.717, 1.165) is 11.1 Å². The van der Waals surface area contributed by atoms with E-state index in [2.05, 4.69) is 43.3 Å². The molecule has 0 saturated carbocycles. The fraction of sp³-hybridized carbons (Fsp3) is 0.304. The summed E-state index contributed by atoms with van der Waals surface area (Å²) in [5.74, 6) is -0.171. The molecule has 1 amide bonds. The fourth-order valence-electron chi connectivity index (χ4n) is 3.17. The first-order valence-electron chi connectivity index (χ1n) is 9.80. The maximum absolute atomic E-state index is 12.7. The molecule has 7 heteroatoms. The predicted molar refractivity (Wildman–Crippen MR) is 115 cm³/mol. The number of hydrogen-bond donors (Lipinski definition) is 1. The fourth-order valence-corrected chi connectivity index (χ4v) is 3.17. The van der Waals surface area contributed by atoms with E-state index in [0.29, 0.717) is 12.1 Å². The second kappa shape index (κ2) is 8.49. The summed E-state index contributed by atoms with van der Waals surface area (Å²) in [7, 11) is 0. The molecule has 1 N–H and O–H groups in total. The summed E-state index contributed by atoms with van der Waals surface area (Å²) in [6, 6.07) is 15.3. The molecule has 0 fully saturated rings. The number of carbonyl (C=O) groups is 1. The van der Waals surface area contributed by atoms with Gasteiger partial charge < -0.3 is 5.32 Å². The Morgan fingerprint density at radius 2 is 1.90 bits per heavy atom. The number of rotatable bonds is 6. The minimum atomic E-state index is -0.483. The lowest BCUT2D eigenvalue weighted by molar-refractivity contribution is -0.385. The summed E-state index contributed by atoms with van der Waals surface area (Å²) in [6.45, 7) is 8.81. The van der Waals surface area contributed by atoms with E-state index in [-0.39, 0.29) is 23.1 Å². The highest BCUT2D eigenvalue weighted by Crippen LogP contribution is 2.24. The third kappa shape index (κ3) is 5.11. The third-order valence-electron chi connectivity index (χ3n) is 4.99. The molecule has 0 aliphatic rings. The second-order valence-corrected chi connectivity index (χ2v) is 8.42. The van der Waals surface area contributed by atoms with E-state index >= 15 is 0 Å².